The monoisotopic (exact) mass is 497 g/mol. The minimum Gasteiger partial charge on any atom is -0.436 e. The molecule has 6 heteroatoms. The van der Waals surface area contributed by atoms with E-state index < -0.39 is 5.60 Å². The summed E-state index contributed by atoms with van der Waals surface area (Å²) >= 11 is 5.95. The standard InChI is InChI=1S/C29H38ClN2O3/c1-32(2,18-20-34-19-17-23-13-15-26(30)16-14-23)22-27-21-31-28(35-27)29(33,24-9-5-3-6-10-24)25-11-7-4-8-12-25/h3,5-6,9-10,13-16,21,25,33H,4,7-8,11-12,17-20,22H2,1-2H3/q+1. The largest absolute Gasteiger partial charge is 0.436 e. The molecule has 2 aromatic carbocycles. The molecule has 0 amide bonds. The molecule has 4 rings (SSSR count). The number of likely N-dealkylation sites (N-methyl/N-ethyl adjacent to an activating group) is 1. The third-order valence-electron chi connectivity index (χ3n) is 7.16. The van der Waals surface area contributed by atoms with E-state index in [1.165, 1.54) is 12.0 Å². The molecule has 1 unspecified atom stereocenters. The van der Waals surface area contributed by atoms with Gasteiger partial charge in [-0.2, -0.15) is 0 Å². The molecule has 35 heavy (non-hydrogen) atoms. The molecule has 1 aliphatic rings. The Labute approximate surface area is 214 Å². The van der Waals surface area contributed by atoms with Gasteiger partial charge in [-0.1, -0.05) is 73.3 Å². The van der Waals surface area contributed by atoms with Gasteiger partial charge in [0, 0.05) is 10.9 Å². The predicted octanol–water partition coefficient (Wildman–Crippen LogP) is 5.98. The molecular weight excluding hydrogens is 460 g/mol. The van der Waals surface area contributed by atoms with Crippen molar-refractivity contribution in [2.45, 2.75) is 50.7 Å². The molecule has 1 heterocycles. The number of benzene rings is 2. The number of oxazole rings is 1. The van der Waals surface area contributed by atoms with Crippen LogP contribution in [0.25, 0.3) is 0 Å². The molecule has 1 fully saturated rings. The molecule has 0 saturated heterocycles. The van der Waals surface area contributed by atoms with E-state index in [0.29, 0.717) is 30.1 Å². The highest BCUT2D eigenvalue weighted by Gasteiger charge is 2.44. The summed E-state index contributed by atoms with van der Waals surface area (Å²) in [5.74, 6) is 1.32. The molecule has 1 aromatic heterocycles. The van der Waals surface area contributed by atoms with Crippen LogP contribution in [0, 0.1) is 5.92 Å². The van der Waals surface area contributed by atoms with Gasteiger partial charge in [0.2, 0.25) is 5.89 Å². The quantitative estimate of drug-likeness (QED) is 0.261. The number of ether oxygens (including phenoxy) is 1. The van der Waals surface area contributed by atoms with Crippen molar-refractivity contribution in [3.63, 3.8) is 0 Å². The van der Waals surface area contributed by atoms with Gasteiger partial charge in [-0.25, -0.2) is 4.98 Å². The fourth-order valence-electron chi connectivity index (χ4n) is 5.06. The zero-order valence-corrected chi connectivity index (χ0v) is 21.7. The van der Waals surface area contributed by atoms with Crippen LogP contribution >= 0.6 is 11.6 Å². The lowest BCUT2D eigenvalue weighted by molar-refractivity contribution is -0.904. The zero-order chi connectivity index (χ0) is 24.7. The van der Waals surface area contributed by atoms with E-state index in [-0.39, 0.29) is 5.92 Å². The number of aliphatic hydroxyl groups is 1. The van der Waals surface area contributed by atoms with E-state index in [0.717, 1.165) is 55.0 Å². The maximum Gasteiger partial charge on any atom is 0.231 e. The third-order valence-corrected chi connectivity index (χ3v) is 7.41. The van der Waals surface area contributed by atoms with Gasteiger partial charge in [-0.3, -0.25) is 0 Å². The van der Waals surface area contributed by atoms with Crippen LogP contribution in [0.15, 0.2) is 65.2 Å². The summed E-state index contributed by atoms with van der Waals surface area (Å²) in [6.45, 7) is 2.88. The molecule has 1 saturated carbocycles. The number of hydrogen-bond acceptors (Lipinski definition) is 4. The summed E-state index contributed by atoms with van der Waals surface area (Å²) in [7, 11) is 4.32. The average molecular weight is 498 g/mol. The summed E-state index contributed by atoms with van der Waals surface area (Å²) in [5.41, 5.74) is 0.895. The van der Waals surface area contributed by atoms with Crippen molar-refractivity contribution in [3.05, 3.63) is 88.6 Å². The van der Waals surface area contributed by atoms with Gasteiger partial charge >= 0.3 is 0 Å². The SMILES string of the molecule is C[N+](C)(CCOCCc1ccc(Cl)cc1)Cc1cnc(C(O)(c2ccccc2)C2CCCCC2)o1. The van der Waals surface area contributed by atoms with E-state index in [2.05, 4.69) is 19.1 Å². The van der Waals surface area contributed by atoms with Gasteiger partial charge in [0.1, 0.15) is 13.1 Å². The van der Waals surface area contributed by atoms with Crippen LogP contribution in [0.2, 0.25) is 5.02 Å². The maximum absolute atomic E-state index is 12.0. The van der Waals surface area contributed by atoms with Crippen molar-refractivity contribution >= 4 is 11.6 Å². The van der Waals surface area contributed by atoms with Crippen molar-refractivity contribution in [1.82, 2.24) is 4.98 Å². The van der Waals surface area contributed by atoms with Crippen LogP contribution in [0.3, 0.4) is 0 Å². The number of nitrogens with zero attached hydrogens (tertiary/aromatic N) is 2. The lowest BCUT2D eigenvalue weighted by Gasteiger charge is -2.36. The Balaban J connectivity index is 1.35. The van der Waals surface area contributed by atoms with Crippen molar-refractivity contribution in [1.29, 1.82) is 0 Å². The van der Waals surface area contributed by atoms with Crippen LogP contribution in [0.1, 0.15) is 54.9 Å². The smallest absolute Gasteiger partial charge is 0.231 e. The second-order valence-corrected chi connectivity index (χ2v) is 10.8. The Bertz CT molecular complexity index is 1050. The highest BCUT2D eigenvalue weighted by molar-refractivity contribution is 6.30. The van der Waals surface area contributed by atoms with Gasteiger partial charge in [-0.15, -0.1) is 0 Å². The first-order valence-electron chi connectivity index (χ1n) is 12.7. The molecule has 0 aliphatic heterocycles. The number of halogens is 1. The molecule has 1 aliphatic carbocycles. The second-order valence-electron chi connectivity index (χ2n) is 10.4. The summed E-state index contributed by atoms with van der Waals surface area (Å²) in [4.78, 5) is 4.61. The normalized spacial score (nSPS) is 16.8. The molecule has 3 aromatic rings. The van der Waals surface area contributed by atoms with Gasteiger partial charge in [-0.05, 0) is 42.5 Å². The molecule has 1 atom stereocenters. The van der Waals surface area contributed by atoms with Crippen LogP contribution < -0.4 is 0 Å². The topological polar surface area (TPSA) is 55.5 Å². The van der Waals surface area contributed by atoms with Crippen LogP contribution in [-0.2, 0) is 23.3 Å². The Morgan fingerprint density at radius 1 is 1.03 bits per heavy atom. The summed E-state index contributed by atoms with van der Waals surface area (Å²) in [6.07, 6.45) is 8.12. The highest BCUT2D eigenvalue weighted by Crippen LogP contribution is 2.43. The van der Waals surface area contributed by atoms with Crippen molar-refractivity contribution in [2.24, 2.45) is 5.92 Å². The number of quaternary nitrogens is 1. The fourth-order valence-corrected chi connectivity index (χ4v) is 5.18. The minimum absolute atomic E-state index is 0.113. The first-order valence-corrected chi connectivity index (χ1v) is 13.1. The average Bonchev–Trinajstić information content (AvgIpc) is 3.33. The first kappa shape index (κ1) is 25.9. The van der Waals surface area contributed by atoms with Crippen molar-refractivity contribution in [2.75, 3.05) is 33.9 Å². The molecule has 0 bridgehead atoms. The number of aromatic nitrogens is 1. The fraction of sp³-hybridized carbons (Fsp3) is 0.483. The summed E-state index contributed by atoms with van der Waals surface area (Å²) in [6, 6.07) is 17.8. The van der Waals surface area contributed by atoms with Gasteiger partial charge in [0.05, 0.1) is 33.5 Å². The lowest BCUT2D eigenvalue weighted by Crippen LogP contribution is -2.41. The summed E-state index contributed by atoms with van der Waals surface area (Å²) < 4.78 is 12.9. The van der Waals surface area contributed by atoms with Crippen LogP contribution in [0.4, 0.5) is 0 Å². The van der Waals surface area contributed by atoms with E-state index in [1.54, 1.807) is 6.20 Å². The van der Waals surface area contributed by atoms with Crippen LogP contribution in [0.5, 0.6) is 0 Å². The molecule has 188 valence electrons. The van der Waals surface area contributed by atoms with Crippen LogP contribution in [-0.4, -0.2) is 48.4 Å². The van der Waals surface area contributed by atoms with Crippen molar-refractivity contribution < 1.29 is 18.7 Å². The predicted molar refractivity (Wildman–Crippen MR) is 139 cm³/mol. The summed E-state index contributed by atoms with van der Waals surface area (Å²) in [5, 5.41) is 12.8. The molecule has 0 spiro atoms. The Kier molecular flexibility index (Phi) is 8.66. The third kappa shape index (κ3) is 6.73. The van der Waals surface area contributed by atoms with E-state index >= 15 is 0 Å². The second kappa shape index (κ2) is 11.7. The molecule has 5 nitrogen and oxygen atoms in total. The Hall–Kier alpha value is -2.18. The van der Waals surface area contributed by atoms with E-state index in [4.69, 9.17) is 20.8 Å². The van der Waals surface area contributed by atoms with E-state index in [1.807, 2.05) is 54.6 Å². The van der Waals surface area contributed by atoms with Gasteiger partial charge in [0.15, 0.2) is 11.4 Å². The highest BCUT2D eigenvalue weighted by atomic mass is 35.5. The zero-order valence-electron chi connectivity index (χ0n) is 21.0. The lowest BCUT2D eigenvalue weighted by atomic mass is 9.73. The van der Waals surface area contributed by atoms with Crippen molar-refractivity contribution in [3.8, 4) is 0 Å². The minimum atomic E-state index is -1.19. The Morgan fingerprint density at radius 3 is 2.46 bits per heavy atom. The van der Waals surface area contributed by atoms with Gasteiger partial charge in [0.25, 0.3) is 0 Å². The Morgan fingerprint density at radius 2 is 1.74 bits per heavy atom. The number of hydrogen-bond donors (Lipinski definition) is 1. The molecular formula is C29H38ClN2O3+. The molecule has 0 radical (unpaired) electrons. The van der Waals surface area contributed by atoms with E-state index in [9.17, 15) is 5.11 Å². The molecule has 1 N–H and O–H groups in total. The first-order chi connectivity index (χ1) is 16.9. The van der Waals surface area contributed by atoms with Gasteiger partial charge < -0.3 is 18.7 Å². The number of rotatable bonds is 11. The maximum atomic E-state index is 12.0.